The van der Waals surface area contributed by atoms with Crippen LogP contribution < -0.4 is 11.4 Å². The quantitative estimate of drug-likeness (QED) is 0.616. The molecule has 0 aliphatic heterocycles. The van der Waals surface area contributed by atoms with E-state index in [1.54, 1.807) is 13.8 Å². The highest BCUT2D eigenvalue weighted by Gasteiger charge is 2.12. The van der Waals surface area contributed by atoms with E-state index in [0.717, 1.165) is 5.56 Å². The van der Waals surface area contributed by atoms with Gasteiger partial charge >= 0.3 is 11.7 Å². The third-order valence-electron chi connectivity index (χ3n) is 3.07. The Hall–Kier alpha value is -2.22. The molecule has 0 unspecified atom stereocenters. The topological polar surface area (TPSA) is 125 Å². The minimum atomic E-state index is -0.906. The molecule has 0 bridgehead atoms. The monoisotopic (exact) mass is 297 g/mol. The third-order valence-corrected chi connectivity index (χ3v) is 3.07. The number of carbonyl (C=O) groups is 2. The van der Waals surface area contributed by atoms with Gasteiger partial charge in [0, 0.05) is 17.8 Å². The predicted molar refractivity (Wildman–Crippen MR) is 73.9 cm³/mol. The number of carboxylic acid groups (broad SMARTS) is 1. The lowest BCUT2D eigenvalue weighted by molar-refractivity contribution is -0.137. The Balaban J connectivity index is 2.88. The van der Waals surface area contributed by atoms with Crippen molar-refractivity contribution >= 4 is 11.9 Å². The van der Waals surface area contributed by atoms with Crippen LogP contribution >= 0.6 is 0 Å². The van der Waals surface area contributed by atoms with Gasteiger partial charge in [-0.15, -0.1) is 0 Å². The molecule has 8 heteroatoms. The zero-order valence-electron chi connectivity index (χ0n) is 12.1. The second-order valence-corrected chi connectivity index (χ2v) is 4.61. The molecule has 1 heterocycles. The molecule has 8 nitrogen and oxygen atoms in total. The van der Waals surface area contributed by atoms with Crippen molar-refractivity contribution in [3.8, 4) is 0 Å². The molecule has 0 atom stereocenters. The van der Waals surface area contributed by atoms with Crippen molar-refractivity contribution < 1.29 is 19.4 Å². The van der Waals surface area contributed by atoms with Crippen LogP contribution in [0.2, 0.25) is 0 Å². The van der Waals surface area contributed by atoms with E-state index in [1.807, 2.05) is 0 Å². The maximum atomic E-state index is 11.9. The van der Waals surface area contributed by atoms with E-state index < -0.39 is 17.6 Å². The van der Waals surface area contributed by atoms with Crippen LogP contribution in [0.25, 0.3) is 0 Å². The molecular weight excluding hydrogens is 278 g/mol. The van der Waals surface area contributed by atoms with Crippen molar-refractivity contribution in [3.05, 3.63) is 27.4 Å². The van der Waals surface area contributed by atoms with Gasteiger partial charge in [-0.3, -0.25) is 14.2 Å². The summed E-state index contributed by atoms with van der Waals surface area (Å²) in [6.45, 7) is 3.58. The number of ether oxygens (including phenoxy) is 1. The van der Waals surface area contributed by atoms with Crippen LogP contribution in [0.15, 0.2) is 4.79 Å². The van der Waals surface area contributed by atoms with Gasteiger partial charge in [-0.1, -0.05) is 0 Å². The molecule has 1 aromatic heterocycles. The van der Waals surface area contributed by atoms with E-state index >= 15 is 0 Å². The van der Waals surface area contributed by atoms with Gasteiger partial charge in [0.25, 0.3) is 0 Å². The average molecular weight is 297 g/mol. The van der Waals surface area contributed by atoms with Crippen molar-refractivity contribution in [2.45, 2.75) is 33.2 Å². The first-order valence-corrected chi connectivity index (χ1v) is 6.47. The second kappa shape index (κ2) is 7.53. The summed E-state index contributed by atoms with van der Waals surface area (Å²) in [5.41, 5.74) is 6.46. The van der Waals surface area contributed by atoms with Gasteiger partial charge in [0.2, 0.25) is 5.91 Å². The Kier molecular flexibility index (Phi) is 6.04. The fourth-order valence-corrected chi connectivity index (χ4v) is 2.03. The molecule has 0 radical (unpaired) electrons. The van der Waals surface area contributed by atoms with E-state index in [-0.39, 0.29) is 26.2 Å². The van der Waals surface area contributed by atoms with Crippen molar-refractivity contribution in [1.29, 1.82) is 0 Å². The largest absolute Gasteiger partial charge is 0.481 e. The molecule has 1 aromatic rings. The number of rotatable bonds is 8. The van der Waals surface area contributed by atoms with Crippen molar-refractivity contribution in [3.63, 3.8) is 0 Å². The van der Waals surface area contributed by atoms with Gasteiger partial charge in [0.05, 0.1) is 13.2 Å². The van der Waals surface area contributed by atoms with Crippen LogP contribution in [0.3, 0.4) is 0 Å². The number of aryl methyl sites for hydroxylation is 1. The zero-order chi connectivity index (χ0) is 16.0. The van der Waals surface area contributed by atoms with Crippen LogP contribution in [0.1, 0.15) is 23.4 Å². The smallest absolute Gasteiger partial charge is 0.348 e. The highest BCUT2D eigenvalue weighted by atomic mass is 16.5. The van der Waals surface area contributed by atoms with Crippen LogP contribution in [0.4, 0.5) is 0 Å². The molecule has 0 aliphatic rings. The molecule has 0 aliphatic carbocycles. The Bertz CT molecular complexity index is 594. The Labute approximate surface area is 121 Å². The Morgan fingerprint density at radius 3 is 2.62 bits per heavy atom. The normalized spacial score (nSPS) is 10.6. The molecule has 1 amide bonds. The summed E-state index contributed by atoms with van der Waals surface area (Å²) < 4.78 is 6.43. The zero-order valence-corrected chi connectivity index (χ0v) is 12.1. The number of nitrogens with zero attached hydrogens (tertiary/aromatic N) is 2. The minimum Gasteiger partial charge on any atom is -0.481 e. The summed E-state index contributed by atoms with van der Waals surface area (Å²) in [6.07, 6.45) is 0.280. The number of primary amides is 1. The Morgan fingerprint density at radius 1 is 1.38 bits per heavy atom. The molecule has 0 fully saturated rings. The summed E-state index contributed by atoms with van der Waals surface area (Å²) in [7, 11) is 0. The first kappa shape index (κ1) is 16.8. The number of carbonyl (C=O) groups excluding carboxylic acids is 1. The van der Waals surface area contributed by atoms with Crippen molar-refractivity contribution in [1.82, 2.24) is 9.55 Å². The first-order valence-electron chi connectivity index (χ1n) is 6.47. The predicted octanol–water partition coefficient (Wildman–Crippen LogP) is -0.621. The fourth-order valence-electron chi connectivity index (χ4n) is 2.03. The molecule has 0 saturated carbocycles. The van der Waals surface area contributed by atoms with Gasteiger partial charge in [-0.05, 0) is 25.8 Å². The minimum absolute atomic E-state index is 0.0280. The second-order valence-electron chi connectivity index (χ2n) is 4.61. The fraction of sp³-hybridized carbons (Fsp3) is 0.538. The summed E-state index contributed by atoms with van der Waals surface area (Å²) in [6, 6.07) is 0. The molecule has 0 aromatic carbocycles. The number of carboxylic acids is 1. The lowest BCUT2D eigenvalue weighted by atomic mass is 10.1. The number of hydrogen-bond acceptors (Lipinski definition) is 5. The van der Waals surface area contributed by atoms with Crippen LogP contribution in [0.5, 0.6) is 0 Å². The first-order chi connectivity index (χ1) is 9.82. The standard InChI is InChI=1S/C13H19N3O5/c1-8-10(3-4-12(18)19)9(2)16(13(20)15-8)5-6-21-7-11(14)17/h3-7H2,1-2H3,(H2,14,17)(H,18,19). The number of amides is 1. The molecular formula is C13H19N3O5. The highest BCUT2D eigenvalue weighted by molar-refractivity contribution is 5.74. The Morgan fingerprint density at radius 2 is 2.05 bits per heavy atom. The third kappa shape index (κ3) is 4.99. The van der Waals surface area contributed by atoms with E-state index in [1.165, 1.54) is 4.57 Å². The molecule has 3 N–H and O–H groups in total. The summed E-state index contributed by atoms with van der Waals surface area (Å²) in [5, 5.41) is 8.75. The van der Waals surface area contributed by atoms with Crippen molar-refractivity contribution in [2.75, 3.05) is 13.2 Å². The number of aliphatic carboxylic acids is 1. The summed E-state index contributed by atoms with van der Waals surface area (Å²) in [4.78, 5) is 37.0. The summed E-state index contributed by atoms with van der Waals surface area (Å²) >= 11 is 0. The number of aromatic nitrogens is 2. The maximum Gasteiger partial charge on any atom is 0.348 e. The van der Waals surface area contributed by atoms with E-state index in [4.69, 9.17) is 15.6 Å². The van der Waals surface area contributed by atoms with Gasteiger partial charge in [-0.2, -0.15) is 4.98 Å². The molecule has 0 saturated heterocycles. The van der Waals surface area contributed by atoms with Crippen LogP contribution in [0, 0.1) is 13.8 Å². The van der Waals surface area contributed by atoms with Crippen molar-refractivity contribution in [2.24, 2.45) is 5.73 Å². The van der Waals surface area contributed by atoms with Gasteiger partial charge in [0.15, 0.2) is 0 Å². The molecule has 1 rings (SSSR count). The lowest BCUT2D eigenvalue weighted by Gasteiger charge is -2.15. The average Bonchev–Trinajstić information content (AvgIpc) is 2.36. The van der Waals surface area contributed by atoms with Gasteiger partial charge in [0.1, 0.15) is 6.61 Å². The van der Waals surface area contributed by atoms with Gasteiger partial charge < -0.3 is 15.6 Å². The maximum absolute atomic E-state index is 11.9. The molecule has 116 valence electrons. The summed E-state index contributed by atoms with van der Waals surface area (Å²) in [5.74, 6) is -1.49. The van der Waals surface area contributed by atoms with E-state index in [9.17, 15) is 14.4 Å². The molecule has 0 spiro atoms. The number of hydrogen-bond donors (Lipinski definition) is 2. The molecule has 21 heavy (non-hydrogen) atoms. The van der Waals surface area contributed by atoms with Crippen LogP contribution in [-0.4, -0.2) is 39.7 Å². The highest BCUT2D eigenvalue weighted by Crippen LogP contribution is 2.12. The van der Waals surface area contributed by atoms with Gasteiger partial charge in [-0.25, -0.2) is 4.79 Å². The van der Waals surface area contributed by atoms with E-state index in [2.05, 4.69) is 4.98 Å². The van der Waals surface area contributed by atoms with Crippen LogP contribution in [-0.2, 0) is 27.3 Å². The lowest BCUT2D eigenvalue weighted by Crippen LogP contribution is -2.30. The van der Waals surface area contributed by atoms with E-state index in [0.29, 0.717) is 17.8 Å². The number of nitrogens with two attached hydrogens (primary N) is 1. The SMILES string of the molecule is Cc1nc(=O)n(CCOCC(N)=O)c(C)c1CCC(=O)O.